The second kappa shape index (κ2) is 4.47. The lowest BCUT2D eigenvalue weighted by atomic mass is 10.1. The number of nitrogens with two attached hydrogens (primary N) is 1. The van der Waals surface area contributed by atoms with Gasteiger partial charge in [0.25, 0.3) is 0 Å². The number of hydrogen-bond acceptors (Lipinski definition) is 4. The summed E-state index contributed by atoms with van der Waals surface area (Å²) in [5, 5.41) is 2.19. The number of nitrogens with zero attached hydrogens (tertiary/aromatic N) is 2. The molecule has 0 spiro atoms. The maximum Gasteiger partial charge on any atom is 0.127 e. The molecular weight excluding hydrogens is 230 g/mol. The van der Waals surface area contributed by atoms with E-state index in [2.05, 4.69) is 27.4 Å². The van der Waals surface area contributed by atoms with E-state index in [0.717, 1.165) is 31.6 Å². The van der Waals surface area contributed by atoms with E-state index in [-0.39, 0.29) is 0 Å². The van der Waals surface area contributed by atoms with E-state index >= 15 is 0 Å². The second-order valence-electron chi connectivity index (χ2n) is 4.38. The zero-order valence-corrected chi connectivity index (χ0v) is 10.4. The van der Waals surface area contributed by atoms with Crippen LogP contribution in [0, 0.1) is 0 Å². The van der Waals surface area contributed by atoms with E-state index in [1.54, 1.807) is 11.1 Å². The van der Waals surface area contributed by atoms with Gasteiger partial charge in [-0.1, -0.05) is 6.07 Å². The molecule has 0 aliphatic carbocycles. The second-order valence-corrected chi connectivity index (χ2v) is 5.38. The van der Waals surface area contributed by atoms with Gasteiger partial charge in [-0.15, -0.1) is 11.3 Å². The van der Waals surface area contributed by atoms with Crippen LogP contribution in [0.3, 0.4) is 0 Å². The van der Waals surface area contributed by atoms with E-state index in [4.69, 9.17) is 5.73 Å². The number of rotatable bonds is 2. The van der Waals surface area contributed by atoms with Crippen LogP contribution in [0.4, 0.5) is 5.82 Å². The summed E-state index contributed by atoms with van der Waals surface area (Å²) in [6.45, 7) is 3.05. The van der Waals surface area contributed by atoms with Crippen LogP contribution in [0.2, 0.25) is 0 Å². The predicted molar refractivity (Wildman–Crippen MR) is 70.8 cm³/mol. The maximum absolute atomic E-state index is 5.88. The van der Waals surface area contributed by atoms with Gasteiger partial charge in [0.2, 0.25) is 0 Å². The minimum Gasteiger partial charge on any atom is -0.383 e. The average molecular weight is 245 g/mol. The first kappa shape index (κ1) is 10.7. The molecule has 2 aromatic heterocycles. The van der Waals surface area contributed by atoms with Gasteiger partial charge >= 0.3 is 0 Å². The third-order valence-corrected chi connectivity index (χ3v) is 4.23. The van der Waals surface area contributed by atoms with E-state index in [0.29, 0.717) is 5.82 Å². The molecule has 2 N–H and O–H groups in total. The van der Waals surface area contributed by atoms with Crippen molar-refractivity contribution in [1.29, 1.82) is 0 Å². The van der Waals surface area contributed by atoms with Crippen molar-refractivity contribution in [3.05, 3.63) is 45.8 Å². The quantitative estimate of drug-likeness (QED) is 0.882. The number of anilines is 1. The van der Waals surface area contributed by atoms with Crippen molar-refractivity contribution in [2.45, 2.75) is 19.5 Å². The molecule has 4 heteroatoms. The Morgan fingerprint density at radius 2 is 2.35 bits per heavy atom. The number of fused-ring (bicyclic) bond motifs is 1. The molecular formula is C13H15N3S. The van der Waals surface area contributed by atoms with E-state index in [1.807, 2.05) is 17.4 Å². The Morgan fingerprint density at radius 1 is 1.41 bits per heavy atom. The first-order chi connectivity index (χ1) is 8.33. The van der Waals surface area contributed by atoms with Gasteiger partial charge in [-0.3, -0.25) is 4.90 Å². The van der Waals surface area contributed by atoms with Gasteiger partial charge in [0.05, 0.1) is 0 Å². The van der Waals surface area contributed by atoms with Crippen molar-refractivity contribution in [1.82, 2.24) is 9.88 Å². The fourth-order valence-electron chi connectivity index (χ4n) is 2.27. The van der Waals surface area contributed by atoms with Gasteiger partial charge in [0.1, 0.15) is 5.82 Å². The summed E-state index contributed by atoms with van der Waals surface area (Å²) in [5.41, 5.74) is 8.48. The lowest BCUT2D eigenvalue weighted by molar-refractivity contribution is 0.247. The van der Waals surface area contributed by atoms with Crippen molar-refractivity contribution in [2.24, 2.45) is 0 Å². The van der Waals surface area contributed by atoms with E-state index in [1.165, 1.54) is 5.56 Å². The number of pyridine rings is 1. The molecule has 88 valence electrons. The Bertz CT molecular complexity index is 521. The maximum atomic E-state index is 5.88. The van der Waals surface area contributed by atoms with Crippen LogP contribution in [-0.2, 0) is 19.5 Å². The molecule has 3 rings (SSSR count). The smallest absolute Gasteiger partial charge is 0.127 e. The standard InChI is InChI=1S/C13H15N3S/c14-13-11(2-1-5-15-13)9-16-6-3-12-10(8-16)4-7-17-12/h1-2,4-5,7H,3,6,8-9H2,(H2,14,15). The number of thiophene rings is 1. The summed E-state index contributed by atoms with van der Waals surface area (Å²) in [6, 6.07) is 6.25. The highest BCUT2D eigenvalue weighted by atomic mass is 32.1. The Labute approximate surface area is 105 Å². The largest absolute Gasteiger partial charge is 0.383 e. The normalized spacial score (nSPS) is 15.8. The highest BCUT2D eigenvalue weighted by molar-refractivity contribution is 7.10. The fourth-order valence-corrected chi connectivity index (χ4v) is 3.16. The molecule has 1 aliphatic rings. The van der Waals surface area contributed by atoms with Crippen LogP contribution in [0.25, 0.3) is 0 Å². The summed E-state index contributed by atoms with van der Waals surface area (Å²) in [7, 11) is 0. The highest BCUT2D eigenvalue weighted by Crippen LogP contribution is 2.25. The molecule has 0 saturated carbocycles. The molecule has 0 bridgehead atoms. The van der Waals surface area contributed by atoms with Gasteiger partial charge in [-0.25, -0.2) is 4.98 Å². The number of hydrogen-bond donors (Lipinski definition) is 1. The molecule has 3 heterocycles. The summed E-state index contributed by atoms with van der Waals surface area (Å²) in [4.78, 5) is 8.11. The molecule has 0 aromatic carbocycles. The monoisotopic (exact) mass is 245 g/mol. The molecule has 1 aliphatic heterocycles. The Morgan fingerprint density at radius 3 is 3.24 bits per heavy atom. The van der Waals surface area contributed by atoms with Crippen LogP contribution >= 0.6 is 11.3 Å². The molecule has 2 aromatic rings. The molecule has 0 atom stereocenters. The van der Waals surface area contributed by atoms with Gasteiger partial charge in [-0.2, -0.15) is 0 Å². The molecule has 0 unspecified atom stereocenters. The minimum absolute atomic E-state index is 0.656. The lowest BCUT2D eigenvalue weighted by Gasteiger charge is -2.27. The van der Waals surface area contributed by atoms with E-state index < -0.39 is 0 Å². The average Bonchev–Trinajstić information content (AvgIpc) is 2.79. The van der Waals surface area contributed by atoms with E-state index in [9.17, 15) is 0 Å². The summed E-state index contributed by atoms with van der Waals surface area (Å²) >= 11 is 1.87. The van der Waals surface area contributed by atoms with Gasteiger partial charge in [0, 0.05) is 36.3 Å². The molecule has 0 radical (unpaired) electrons. The summed E-state index contributed by atoms with van der Waals surface area (Å²) < 4.78 is 0. The van der Waals surface area contributed by atoms with Crippen LogP contribution in [0.5, 0.6) is 0 Å². The number of aromatic nitrogens is 1. The van der Waals surface area contributed by atoms with Crippen LogP contribution < -0.4 is 5.73 Å². The molecule has 0 amide bonds. The summed E-state index contributed by atoms with van der Waals surface area (Å²) in [5.74, 6) is 0.656. The minimum atomic E-state index is 0.656. The van der Waals surface area contributed by atoms with Crippen molar-refractivity contribution in [3.63, 3.8) is 0 Å². The van der Waals surface area contributed by atoms with Crippen LogP contribution in [0.15, 0.2) is 29.8 Å². The Kier molecular flexibility index (Phi) is 2.82. The third-order valence-electron chi connectivity index (χ3n) is 3.21. The predicted octanol–water partition coefficient (Wildman–Crippen LogP) is 2.28. The Balaban J connectivity index is 1.74. The van der Waals surface area contributed by atoms with Gasteiger partial charge < -0.3 is 5.73 Å². The fraction of sp³-hybridized carbons (Fsp3) is 0.308. The SMILES string of the molecule is Nc1ncccc1CN1CCc2sccc2C1. The number of nitrogen functional groups attached to an aromatic ring is 1. The Hall–Kier alpha value is -1.39. The van der Waals surface area contributed by atoms with Gasteiger partial charge in [-0.05, 0) is 29.5 Å². The zero-order valence-electron chi connectivity index (χ0n) is 9.60. The van der Waals surface area contributed by atoms with Crippen molar-refractivity contribution in [3.8, 4) is 0 Å². The van der Waals surface area contributed by atoms with Crippen LogP contribution in [-0.4, -0.2) is 16.4 Å². The molecule has 0 saturated heterocycles. The van der Waals surface area contributed by atoms with Crippen LogP contribution in [0.1, 0.15) is 16.0 Å². The molecule has 17 heavy (non-hydrogen) atoms. The first-order valence-electron chi connectivity index (χ1n) is 5.80. The lowest BCUT2D eigenvalue weighted by Crippen LogP contribution is -2.29. The zero-order chi connectivity index (χ0) is 11.7. The molecule has 0 fully saturated rings. The summed E-state index contributed by atoms with van der Waals surface area (Å²) in [6.07, 6.45) is 2.90. The first-order valence-corrected chi connectivity index (χ1v) is 6.68. The van der Waals surface area contributed by atoms with Crippen molar-refractivity contribution < 1.29 is 0 Å². The van der Waals surface area contributed by atoms with Crippen molar-refractivity contribution in [2.75, 3.05) is 12.3 Å². The van der Waals surface area contributed by atoms with Gasteiger partial charge in [0.15, 0.2) is 0 Å². The highest BCUT2D eigenvalue weighted by Gasteiger charge is 2.17. The molecule has 3 nitrogen and oxygen atoms in total. The van der Waals surface area contributed by atoms with Crippen molar-refractivity contribution >= 4 is 17.2 Å². The topological polar surface area (TPSA) is 42.1 Å². The third kappa shape index (κ3) is 2.18.